The Morgan fingerprint density at radius 3 is 2.86 bits per heavy atom. The number of anilines is 1. The molecule has 2 aliphatic heterocycles. The molecule has 0 bridgehead atoms. The molecule has 0 aliphatic carbocycles. The highest BCUT2D eigenvalue weighted by atomic mass is 127. The second-order valence-electron chi connectivity index (χ2n) is 5.56. The van der Waals surface area contributed by atoms with Crippen LogP contribution in [0.1, 0.15) is 6.42 Å². The Kier molecular flexibility index (Phi) is 5.66. The minimum absolute atomic E-state index is 0. The van der Waals surface area contributed by atoms with E-state index in [1.165, 1.54) is 6.07 Å². The SMILES string of the molecule is CN1CCN=C1NCC1CCN(c2ccccc2F)C1.I. The van der Waals surface area contributed by atoms with Crippen molar-refractivity contribution in [3.63, 3.8) is 0 Å². The second-order valence-corrected chi connectivity index (χ2v) is 5.56. The summed E-state index contributed by atoms with van der Waals surface area (Å²) in [5.74, 6) is 1.42. The zero-order chi connectivity index (χ0) is 13.9. The number of hydrogen-bond acceptors (Lipinski definition) is 4. The van der Waals surface area contributed by atoms with Gasteiger partial charge in [-0.3, -0.25) is 4.99 Å². The molecule has 1 atom stereocenters. The normalized spacial score (nSPS) is 21.2. The first kappa shape index (κ1) is 16.3. The molecule has 1 fully saturated rings. The number of para-hydroxylation sites is 1. The van der Waals surface area contributed by atoms with Gasteiger partial charge < -0.3 is 15.1 Å². The molecule has 6 heteroatoms. The largest absolute Gasteiger partial charge is 0.369 e. The highest BCUT2D eigenvalue weighted by Crippen LogP contribution is 2.25. The standard InChI is InChI=1S/C15H21FN4.HI/c1-19-9-7-17-15(19)18-10-12-6-8-20(11-12)14-5-3-2-4-13(14)16;/h2-5,12H,6-11H2,1H3,(H,17,18);1H. The Morgan fingerprint density at radius 2 is 2.14 bits per heavy atom. The second kappa shape index (κ2) is 7.29. The molecule has 2 heterocycles. The van der Waals surface area contributed by atoms with Gasteiger partial charge in [-0.25, -0.2) is 4.39 Å². The molecule has 1 aromatic carbocycles. The summed E-state index contributed by atoms with van der Waals surface area (Å²) in [6, 6.07) is 7.03. The number of hydrogen-bond donors (Lipinski definition) is 1. The lowest BCUT2D eigenvalue weighted by Gasteiger charge is -2.20. The summed E-state index contributed by atoms with van der Waals surface area (Å²) in [4.78, 5) is 8.71. The van der Waals surface area contributed by atoms with Crippen molar-refractivity contribution in [3.8, 4) is 0 Å². The van der Waals surface area contributed by atoms with Gasteiger partial charge in [-0.1, -0.05) is 12.1 Å². The predicted octanol–water partition coefficient (Wildman–Crippen LogP) is 2.16. The van der Waals surface area contributed by atoms with E-state index in [0.717, 1.165) is 50.8 Å². The summed E-state index contributed by atoms with van der Waals surface area (Å²) in [6.07, 6.45) is 1.10. The third kappa shape index (κ3) is 3.78. The van der Waals surface area contributed by atoms with Crippen LogP contribution in [0.4, 0.5) is 10.1 Å². The molecule has 0 amide bonds. The Balaban J connectivity index is 0.00000161. The summed E-state index contributed by atoms with van der Waals surface area (Å²) < 4.78 is 13.8. The van der Waals surface area contributed by atoms with Gasteiger partial charge in [-0.15, -0.1) is 24.0 Å². The van der Waals surface area contributed by atoms with Crippen molar-refractivity contribution in [1.29, 1.82) is 0 Å². The number of benzene rings is 1. The van der Waals surface area contributed by atoms with Gasteiger partial charge in [-0.2, -0.15) is 0 Å². The van der Waals surface area contributed by atoms with E-state index in [9.17, 15) is 4.39 Å². The molecule has 21 heavy (non-hydrogen) atoms. The molecule has 0 spiro atoms. The van der Waals surface area contributed by atoms with E-state index < -0.39 is 0 Å². The molecule has 3 rings (SSSR count). The van der Waals surface area contributed by atoms with E-state index in [-0.39, 0.29) is 29.8 Å². The van der Waals surface area contributed by atoms with Crippen LogP contribution in [0.2, 0.25) is 0 Å². The molecule has 0 saturated carbocycles. The van der Waals surface area contributed by atoms with Crippen LogP contribution in [-0.2, 0) is 0 Å². The van der Waals surface area contributed by atoms with Gasteiger partial charge in [0.2, 0.25) is 0 Å². The van der Waals surface area contributed by atoms with Gasteiger partial charge in [0.25, 0.3) is 0 Å². The molecule has 1 saturated heterocycles. The fourth-order valence-electron chi connectivity index (χ4n) is 2.89. The van der Waals surface area contributed by atoms with Crippen LogP contribution in [0.3, 0.4) is 0 Å². The average Bonchev–Trinajstić information content (AvgIpc) is 3.06. The zero-order valence-electron chi connectivity index (χ0n) is 12.3. The maximum Gasteiger partial charge on any atom is 0.193 e. The number of guanidine groups is 1. The van der Waals surface area contributed by atoms with Crippen LogP contribution in [0.5, 0.6) is 0 Å². The molecule has 116 valence electrons. The van der Waals surface area contributed by atoms with Crippen LogP contribution in [0.25, 0.3) is 0 Å². The van der Waals surface area contributed by atoms with Crippen molar-refractivity contribution in [3.05, 3.63) is 30.1 Å². The van der Waals surface area contributed by atoms with Crippen LogP contribution in [-0.4, -0.2) is 50.6 Å². The lowest BCUT2D eigenvalue weighted by atomic mass is 10.1. The van der Waals surface area contributed by atoms with E-state index in [1.54, 1.807) is 6.07 Å². The fraction of sp³-hybridized carbons (Fsp3) is 0.533. The van der Waals surface area contributed by atoms with Crippen molar-refractivity contribution in [2.45, 2.75) is 6.42 Å². The number of nitrogens with one attached hydrogen (secondary N) is 1. The van der Waals surface area contributed by atoms with Crippen LogP contribution in [0.15, 0.2) is 29.3 Å². The topological polar surface area (TPSA) is 30.9 Å². The highest BCUT2D eigenvalue weighted by Gasteiger charge is 2.25. The van der Waals surface area contributed by atoms with Crippen molar-refractivity contribution in [1.82, 2.24) is 10.2 Å². The van der Waals surface area contributed by atoms with Gasteiger partial charge in [0.15, 0.2) is 5.96 Å². The van der Waals surface area contributed by atoms with Crippen molar-refractivity contribution >= 4 is 35.6 Å². The van der Waals surface area contributed by atoms with E-state index in [4.69, 9.17) is 0 Å². The van der Waals surface area contributed by atoms with Crippen LogP contribution in [0, 0.1) is 11.7 Å². The van der Waals surface area contributed by atoms with Gasteiger partial charge in [0.1, 0.15) is 5.82 Å². The lowest BCUT2D eigenvalue weighted by Crippen LogP contribution is -2.38. The Bertz CT molecular complexity index is 508. The maximum absolute atomic E-state index is 13.8. The summed E-state index contributed by atoms with van der Waals surface area (Å²) >= 11 is 0. The highest BCUT2D eigenvalue weighted by molar-refractivity contribution is 14.0. The number of halogens is 2. The molecule has 0 aromatic heterocycles. The van der Waals surface area contributed by atoms with E-state index >= 15 is 0 Å². The summed E-state index contributed by atoms with van der Waals surface area (Å²) in [5.41, 5.74) is 0.727. The monoisotopic (exact) mass is 404 g/mol. The number of rotatable bonds is 3. The first-order valence-corrected chi connectivity index (χ1v) is 7.23. The quantitative estimate of drug-likeness (QED) is 0.784. The first-order chi connectivity index (χ1) is 9.74. The smallest absolute Gasteiger partial charge is 0.193 e. The summed E-state index contributed by atoms with van der Waals surface area (Å²) in [6.45, 7) is 4.62. The first-order valence-electron chi connectivity index (χ1n) is 7.23. The fourth-order valence-corrected chi connectivity index (χ4v) is 2.89. The van der Waals surface area contributed by atoms with Gasteiger partial charge in [-0.05, 0) is 24.5 Å². The third-order valence-corrected chi connectivity index (χ3v) is 4.09. The van der Waals surface area contributed by atoms with E-state index in [1.807, 2.05) is 12.1 Å². The predicted molar refractivity (Wildman–Crippen MR) is 95.1 cm³/mol. The van der Waals surface area contributed by atoms with Crippen LogP contribution < -0.4 is 10.2 Å². The molecule has 1 unspecified atom stereocenters. The summed E-state index contributed by atoms with van der Waals surface area (Å²) in [5, 5.41) is 3.42. The Morgan fingerprint density at radius 1 is 1.33 bits per heavy atom. The Hall–Kier alpha value is -1.05. The van der Waals surface area contributed by atoms with Crippen molar-refractivity contribution in [2.75, 3.05) is 44.7 Å². The molecule has 2 aliphatic rings. The third-order valence-electron chi connectivity index (χ3n) is 4.09. The lowest BCUT2D eigenvalue weighted by molar-refractivity contribution is 0.508. The van der Waals surface area contributed by atoms with E-state index in [0.29, 0.717) is 5.92 Å². The Labute approximate surface area is 142 Å². The molecular formula is C15H22FIN4. The number of nitrogens with zero attached hydrogens (tertiary/aromatic N) is 3. The molecule has 0 radical (unpaired) electrons. The summed E-state index contributed by atoms with van der Waals surface area (Å²) in [7, 11) is 2.05. The molecule has 1 aromatic rings. The maximum atomic E-state index is 13.8. The minimum atomic E-state index is -0.124. The molecule has 1 N–H and O–H groups in total. The zero-order valence-corrected chi connectivity index (χ0v) is 14.6. The number of likely N-dealkylation sites (N-methyl/N-ethyl adjacent to an activating group) is 1. The van der Waals surface area contributed by atoms with Gasteiger partial charge >= 0.3 is 0 Å². The van der Waals surface area contributed by atoms with Crippen molar-refractivity contribution < 1.29 is 4.39 Å². The van der Waals surface area contributed by atoms with Gasteiger partial charge in [0.05, 0.1) is 12.2 Å². The van der Waals surface area contributed by atoms with Gasteiger partial charge in [0, 0.05) is 33.2 Å². The molecule has 4 nitrogen and oxygen atoms in total. The molecular weight excluding hydrogens is 382 g/mol. The van der Waals surface area contributed by atoms with Crippen LogP contribution >= 0.6 is 24.0 Å². The average molecular weight is 404 g/mol. The van der Waals surface area contributed by atoms with E-state index in [2.05, 4.69) is 27.2 Å². The number of aliphatic imine (C=N–C) groups is 1. The van der Waals surface area contributed by atoms with Crippen molar-refractivity contribution in [2.24, 2.45) is 10.9 Å². The minimum Gasteiger partial charge on any atom is -0.369 e.